The first kappa shape index (κ1) is 15.5. The number of rotatable bonds is 5. The summed E-state index contributed by atoms with van der Waals surface area (Å²) in [7, 11) is 0. The molecule has 1 nitrogen and oxygen atoms in total. The van der Waals surface area contributed by atoms with Gasteiger partial charge in [0.1, 0.15) is 0 Å². The third-order valence-corrected chi connectivity index (χ3v) is 5.60. The summed E-state index contributed by atoms with van der Waals surface area (Å²) in [5.41, 5.74) is 1.15. The average Bonchev–Trinajstić information content (AvgIpc) is 2.43. The molecule has 0 radical (unpaired) electrons. The van der Waals surface area contributed by atoms with Gasteiger partial charge in [0.05, 0.1) is 10.0 Å². The number of hydrogen-bond acceptors (Lipinski definition) is 2. The molecule has 2 rings (SSSR count). The predicted molar refractivity (Wildman–Crippen MR) is 87.5 cm³/mol. The lowest BCUT2D eigenvalue weighted by Crippen LogP contribution is -2.25. The van der Waals surface area contributed by atoms with Crippen molar-refractivity contribution >= 4 is 35.0 Å². The van der Waals surface area contributed by atoms with Crippen LogP contribution in [0.4, 0.5) is 0 Å². The summed E-state index contributed by atoms with van der Waals surface area (Å²) in [4.78, 5) is 0. The Morgan fingerprint density at radius 2 is 2.05 bits per heavy atom. The summed E-state index contributed by atoms with van der Waals surface area (Å²) in [6, 6.07) is 6.27. The van der Waals surface area contributed by atoms with E-state index < -0.39 is 0 Å². The molecule has 19 heavy (non-hydrogen) atoms. The first-order valence-corrected chi connectivity index (χ1v) is 8.88. The molecule has 0 aromatic heterocycles. The van der Waals surface area contributed by atoms with Crippen molar-refractivity contribution in [2.75, 3.05) is 18.1 Å². The van der Waals surface area contributed by atoms with Crippen LogP contribution in [-0.2, 0) is 0 Å². The van der Waals surface area contributed by atoms with Crippen LogP contribution in [0.25, 0.3) is 0 Å². The van der Waals surface area contributed by atoms with Crippen molar-refractivity contribution in [3.63, 3.8) is 0 Å². The summed E-state index contributed by atoms with van der Waals surface area (Å²) < 4.78 is 0. The van der Waals surface area contributed by atoms with Crippen LogP contribution in [0.2, 0.25) is 10.0 Å². The Hall–Kier alpha value is 0.110. The molecule has 1 saturated heterocycles. The zero-order valence-corrected chi connectivity index (χ0v) is 13.6. The third-order valence-electron chi connectivity index (χ3n) is 3.72. The minimum Gasteiger partial charge on any atom is -0.310 e. The Kier molecular flexibility index (Phi) is 6.34. The topological polar surface area (TPSA) is 12.0 Å². The van der Waals surface area contributed by atoms with Crippen LogP contribution in [0, 0.1) is 5.92 Å². The summed E-state index contributed by atoms with van der Waals surface area (Å²) in [5.74, 6) is 3.40. The molecule has 1 aliphatic heterocycles. The van der Waals surface area contributed by atoms with Gasteiger partial charge in [-0.25, -0.2) is 0 Å². The molecule has 0 aliphatic carbocycles. The van der Waals surface area contributed by atoms with Crippen molar-refractivity contribution in [3.05, 3.63) is 33.8 Å². The quantitative estimate of drug-likeness (QED) is 0.803. The first-order chi connectivity index (χ1) is 9.22. The maximum Gasteiger partial charge on any atom is 0.0640 e. The second kappa shape index (κ2) is 7.78. The molecule has 1 unspecified atom stereocenters. The molecule has 1 aromatic rings. The van der Waals surface area contributed by atoms with Crippen LogP contribution in [0.15, 0.2) is 18.2 Å². The molecule has 106 valence electrons. The molecule has 1 fully saturated rings. The van der Waals surface area contributed by atoms with Gasteiger partial charge in [-0.1, -0.05) is 42.3 Å². The fourth-order valence-corrected chi connectivity index (χ4v) is 4.32. The van der Waals surface area contributed by atoms with Crippen molar-refractivity contribution in [1.29, 1.82) is 0 Å². The van der Waals surface area contributed by atoms with Crippen molar-refractivity contribution in [2.45, 2.75) is 32.2 Å². The van der Waals surface area contributed by atoms with Crippen LogP contribution in [-0.4, -0.2) is 18.1 Å². The zero-order chi connectivity index (χ0) is 13.7. The lowest BCUT2D eigenvalue weighted by molar-refractivity contribution is 0.374. The molecule has 0 spiro atoms. The SMILES string of the molecule is CCNC(CC1CCSCC1)c1cccc(Cl)c1Cl. The Morgan fingerprint density at radius 3 is 2.74 bits per heavy atom. The van der Waals surface area contributed by atoms with Gasteiger partial charge in [0, 0.05) is 6.04 Å². The summed E-state index contributed by atoms with van der Waals surface area (Å²) in [5, 5.41) is 4.93. The van der Waals surface area contributed by atoms with Crippen LogP contribution in [0.5, 0.6) is 0 Å². The Bertz CT molecular complexity index is 405. The highest BCUT2D eigenvalue weighted by molar-refractivity contribution is 7.99. The van der Waals surface area contributed by atoms with Gasteiger partial charge in [0.15, 0.2) is 0 Å². The normalized spacial score (nSPS) is 18.5. The molecule has 0 bridgehead atoms. The maximum absolute atomic E-state index is 6.37. The van der Waals surface area contributed by atoms with Gasteiger partial charge >= 0.3 is 0 Å². The maximum atomic E-state index is 6.37. The summed E-state index contributed by atoms with van der Waals surface area (Å²) >= 11 is 14.6. The van der Waals surface area contributed by atoms with Crippen LogP contribution in [0.3, 0.4) is 0 Å². The molecule has 0 saturated carbocycles. The third kappa shape index (κ3) is 4.29. The van der Waals surface area contributed by atoms with E-state index in [1.165, 1.54) is 24.3 Å². The molecule has 1 heterocycles. The Labute approximate surface area is 130 Å². The van der Waals surface area contributed by atoms with E-state index >= 15 is 0 Å². The zero-order valence-electron chi connectivity index (χ0n) is 11.3. The minimum absolute atomic E-state index is 0.323. The largest absolute Gasteiger partial charge is 0.310 e. The lowest BCUT2D eigenvalue weighted by atomic mass is 9.90. The van der Waals surface area contributed by atoms with Gasteiger partial charge in [-0.3, -0.25) is 0 Å². The number of thioether (sulfide) groups is 1. The first-order valence-electron chi connectivity index (χ1n) is 6.97. The molecular weight excluding hydrogens is 297 g/mol. The highest BCUT2D eigenvalue weighted by atomic mass is 35.5. The molecular formula is C15H21Cl2NS. The van der Waals surface area contributed by atoms with Crippen molar-refractivity contribution in [3.8, 4) is 0 Å². The smallest absolute Gasteiger partial charge is 0.0640 e. The lowest BCUT2D eigenvalue weighted by Gasteiger charge is -2.27. The van der Waals surface area contributed by atoms with E-state index in [9.17, 15) is 0 Å². The van der Waals surface area contributed by atoms with Crippen molar-refractivity contribution in [2.24, 2.45) is 5.92 Å². The monoisotopic (exact) mass is 317 g/mol. The summed E-state index contributed by atoms with van der Waals surface area (Å²) in [6.07, 6.45) is 3.81. The van der Waals surface area contributed by atoms with Crippen molar-refractivity contribution < 1.29 is 0 Å². The van der Waals surface area contributed by atoms with Gasteiger partial charge < -0.3 is 5.32 Å². The Morgan fingerprint density at radius 1 is 1.32 bits per heavy atom. The number of benzene rings is 1. The molecule has 1 aliphatic rings. The van der Waals surface area contributed by atoms with Gasteiger partial charge in [-0.15, -0.1) is 0 Å². The Balaban J connectivity index is 2.11. The second-order valence-corrected chi connectivity index (χ2v) is 7.05. The van der Waals surface area contributed by atoms with Gasteiger partial charge in [-0.2, -0.15) is 11.8 Å². The number of halogens is 2. The van der Waals surface area contributed by atoms with Gasteiger partial charge in [-0.05, 0) is 54.9 Å². The molecule has 4 heteroatoms. The van der Waals surface area contributed by atoms with Crippen LogP contribution >= 0.6 is 35.0 Å². The average molecular weight is 318 g/mol. The minimum atomic E-state index is 0.323. The highest BCUT2D eigenvalue weighted by Crippen LogP contribution is 2.35. The molecule has 1 N–H and O–H groups in total. The number of hydrogen-bond donors (Lipinski definition) is 1. The van der Waals surface area contributed by atoms with E-state index in [4.69, 9.17) is 23.2 Å². The highest BCUT2D eigenvalue weighted by Gasteiger charge is 2.22. The predicted octanol–water partition coefficient (Wildman–Crippen LogP) is 5.18. The van der Waals surface area contributed by atoms with Crippen LogP contribution < -0.4 is 5.32 Å². The van der Waals surface area contributed by atoms with E-state index in [-0.39, 0.29) is 0 Å². The molecule has 1 atom stereocenters. The second-order valence-electron chi connectivity index (χ2n) is 5.04. The number of nitrogens with one attached hydrogen (secondary N) is 1. The molecule has 0 amide bonds. The fourth-order valence-electron chi connectivity index (χ4n) is 2.67. The van der Waals surface area contributed by atoms with E-state index in [2.05, 4.69) is 30.1 Å². The van der Waals surface area contributed by atoms with E-state index in [0.717, 1.165) is 24.4 Å². The van der Waals surface area contributed by atoms with Crippen LogP contribution in [0.1, 0.15) is 37.8 Å². The van der Waals surface area contributed by atoms with E-state index in [1.54, 1.807) is 0 Å². The molecule has 1 aromatic carbocycles. The standard InChI is InChI=1S/C15H21Cl2NS/c1-2-18-14(10-11-6-8-19-9-7-11)12-4-3-5-13(16)15(12)17/h3-5,11,14,18H,2,6-10H2,1H3. The van der Waals surface area contributed by atoms with E-state index in [1.807, 2.05) is 12.1 Å². The van der Waals surface area contributed by atoms with Gasteiger partial charge in [0.2, 0.25) is 0 Å². The summed E-state index contributed by atoms with van der Waals surface area (Å²) in [6.45, 7) is 3.09. The fraction of sp³-hybridized carbons (Fsp3) is 0.600. The van der Waals surface area contributed by atoms with E-state index in [0.29, 0.717) is 16.1 Å². The van der Waals surface area contributed by atoms with Crippen molar-refractivity contribution in [1.82, 2.24) is 5.32 Å². The van der Waals surface area contributed by atoms with Gasteiger partial charge in [0.25, 0.3) is 0 Å².